The Balaban J connectivity index is 2.67. The van der Waals surface area contributed by atoms with Crippen LogP contribution < -0.4 is 22.5 Å². The molecule has 0 spiro atoms. The molecule has 1 atom stereocenters. The highest BCUT2D eigenvalue weighted by Crippen LogP contribution is 2.44. The topological polar surface area (TPSA) is 121 Å². The fourth-order valence-corrected chi connectivity index (χ4v) is 3.74. The maximum atomic E-state index is 6.18. The lowest BCUT2D eigenvalue weighted by Crippen LogP contribution is -2.68. The summed E-state index contributed by atoms with van der Waals surface area (Å²) in [6, 6.07) is 0. The number of hydrazine groups is 4. The largest absolute Gasteiger partial charge is 0.384 e. The van der Waals surface area contributed by atoms with Gasteiger partial charge in [0, 0.05) is 6.54 Å². The van der Waals surface area contributed by atoms with Crippen LogP contribution in [-0.2, 0) is 4.87 Å². The average molecular weight is 329 g/mol. The van der Waals surface area contributed by atoms with E-state index in [1.807, 2.05) is 19.4 Å². The Morgan fingerprint density at radius 1 is 1.33 bits per heavy atom. The molecule has 0 aliphatic carbocycles. The lowest BCUT2D eigenvalue weighted by molar-refractivity contribution is -0.0144. The van der Waals surface area contributed by atoms with E-state index in [0.29, 0.717) is 12.4 Å². The van der Waals surface area contributed by atoms with Gasteiger partial charge < -0.3 is 5.32 Å². The Labute approximate surface area is 131 Å². The second kappa shape index (κ2) is 6.77. The molecule has 0 saturated heterocycles. The van der Waals surface area contributed by atoms with E-state index in [0.717, 1.165) is 10.7 Å². The summed E-state index contributed by atoms with van der Waals surface area (Å²) in [5.41, 5.74) is 3.72. The van der Waals surface area contributed by atoms with Gasteiger partial charge in [0.25, 0.3) is 0 Å². The fourth-order valence-electron chi connectivity index (χ4n) is 2.12. The first-order valence-corrected chi connectivity index (χ1v) is 8.63. The van der Waals surface area contributed by atoms with Crippen molar-refractivity contribution in [3.05, 3.63) is 29.2 Å². The van der Waals surface area contributed by atoms with Crippen molar-refractivity contribution in [3.8, 4) is 0 Å². The molecule has 21 heavy (non-hydrogen) atoms. The molecule has 1 aromatic heterocycles. The lowest BCUT2D eigenvalue weighted by atomic mass is 10.1. The number of hydrogen-bond donors (Lipinski definition) is 4. The maximum Gasteiger partial charge on any atom is 0.199 e. The molecule has 0 radical (unpaired) electrons. The van der Waals surface area contributed by atoms with Gasteiger partial charge in [-0.15, -0.1) is 34.2 Å². The third-order valence-electron chi connectivity index (χ3n) is 2.97. The second-order valence-electron chi connectivity index (χ2n) is 4.06. The number of aromatic nitrogens is 3. The van der Waals surface area contributed by atoms with Crippen molar-refractivity contribution in [2.45, 2.75) is 11.8 Å². The Morgan fingerprint density at radius 3 is 2.52 bits per heavy atom. The summed E-state index contributed by atoms with van der Waals surface area (Å²) in [6.07, 6.45) is 6.78. The quantitative estimate of drug-likeness (QED) is 0.514. The van der Waals surface area contributed by atoms with E-state index in [4.69, 9.17) is 11.7 Å². The van der Waals surface area contributed by atoms with Gasteiger partial charge in [-0.2, -0.15) is 0 Å². The molecule has 0 saturated carbocycles. The van der Waals surface area contributed by atoms with E-state index in [1.54, 1.807) is 0 Å². The molecule has 116 valence electrons. The molecule has 9 nitrogen and oxygen atoms in total. The average Bonchev–Trinajstić information content (AvgIpc) is 2.49. The Bertz CT molecular complexity index is 511. The van der Waals surface area contributed by atoms with E-state index in [-0.39, 0.29) is 0 Å². The minimum atomic E-state index is -0.826. The van der Waals surface area contributed by atoms with Gasteiger partial charge in [-0.3, -0.25) is 5.84 Å². The first kappa shape index (κ1) is 16.3. The van der Waals surface area contributed by atoms with Gasteiger partial charge in [0.05, 0.1) is 5.70 Å². The molecule has 2 heterocycles. The second-order valence-corrected chi connectivity index (χ2v) is 5.86. The van der Waals surface area contributed by atoms with Crippen molar-refractivity contribution in [1.29, 1.82) is 0 Å². The number of likely N-dealkylation sites (N-methyl/N-ethyl adjacent to an activating group) is 1. The molecule has 1 unspecified atom stereocenters. The molecular weight excluding hydrogens is 310 g/mol. The molecule has 0 amide bonds. The van der Waals surface area contributed by atoms with Crippen LogP contribution in [0, 0.1) is 0 Å². The first-order chi connectivity index (χ1) is 10.1. The van der Waals surface area contributed by atoms with Gasteiger partial charge in [-0.25, -0.2) is 25.9 Å². The van der Waals surface area contributed by atoms with Crippen LogP contribution in [0.25, 0.3) is 0 Å². The zero-order chi connectivity index (χ0) is 15.5. The van der Waals surface area contributed by atoms with Gasteiger partial charge in [0.2, 0.25) is 0 Å². The molecule has 0 fully saturated rings. The molecule has 6 N–H and O–H groups in total. The summed E-state index contributed by atoms with van der Waals surface area (Å²) in [7, 11) is 0. The Kier molecular flexibility index (Phi) is 5.24. The van der Waals surface area contributed by atoms with Crippen molar-refractivity contribution in [2.24, 2.45) is 11.7 Å². The van der Waals surface area contributed by atoms with Crippen molar-refractivity contribution >= 4 is 23.5 Å². The van der Waals surface area contributed by atoms with Gasteiger partial charge in [0.15, 0.2) is 10.7 Å². The zero-order valence-electron chi connectivity index (χ0n) is 12.1. The molecule has 0 aromatic carbocycles. The summed E-state index contributed by atoms with van der Waals surface area (Å²) in [5.74, 6) is 12.7. The van der Waals surface area contributed by atoms with Crippen LogP contribution in [0.5, 0.6) is 0 Å². The molecular formula is C10H19N9S2. The number of rotatable bonds is 5. The van der Waals surface area contributed by atoms with Crippen molar-refractivity contribution < 1.29 is 0 Å². The van der Waals surface area contributed by atoms with E-state index >= 15 is 0 Å². The third-order valence-corrected chi connectivity index (χ3v) is 4.93. The summed E-state index contributed by atoms with van der Waals surface area (Å²) in [6.45, 7) is 2.72. The molecule has 1 aromatic rings. The molecule has 1 aliphatic rings. The molecule has 11 heteroatoms. The van der Waals surface area contributed by atoms with Crippen LogP contribution in [0.4, 0.5) is 0 Å². The lowest BCUT2D eigenvalue weighted by Gasteiger charge is -2.47. The van der Waals surface area contributed by atoms with Gasteiger partial charge in [0.1, 0.15) is 17.7 Å². The van der Waals surface area contributed by atoms with Gasteiger partial charge in [-0.1, -0.05) is 0 Å². The summed E-state index contributed by atoms with van der Waals surface area (Å²) in [4.78, 5) is 11.6. The van der Waals surface area contributed by atoms with E-state index < -0.39 is 4.87 Å². The number of nitrogens with zero attached hydrogens (tertiary/aromatic N) is 5. The predicted octanol–water partition coefficient (Wildman–Crippen LogP) is -0.686. The predicted molar refractivity (Wildman–Crippen MR) is 84.4 cm³/mol. The van der Waals surface area contributed by atoms with Crippen LogP contribution in [0.3, 0.4) is 0 Å². The van der Waals surface area contributed by atoms with Crippen LogP contribution in [-0.4, -0.2) is 44.2 Å². The van der Waals surface area contributed by atoms with Crippen LogP contribution in [0.1, 0.15) is 12.7 Å². The van der Waals surface area contributed by atoms with Crippen molar-refractivity contribution in [1.82, 2.24) is 36.0 Å². The van der Waals surface area contributed by atoms with Crippen molar-refractivity contribution in [3.63, 3.8) is 0 Å². The standard InChI is InChI=1S/C10H19N9S2/c1-4-14-7-8(20-2)18(11)17-19(12)10(7,21-3)9-15-5-13-6-16-9/h5-6,14,17H,4,11-12H2,1-3H3. The number of hydrogen-bond acceptors (Lipinski definition) is 11. The maximum absolute atomic E-state index is 6.18. The highest BCUT2D eigenvalue weighted by molar-refractivity contribution is 8.02. The van der Waals surface area contributed by atoms with Crippen LogP contribution >= 0.6 is 23.5 Å². The van der Waals surface area contributed by atoms with E-state index in [2.05, 4.69) is 25.8 Å². The van der Waals surface area contributed by atoms with Crippen LogP contribution in [0.15, 0.2) is 23.4 Å². The molecule has 2 rings (SSSR count). The van der Waals surface area contributed by atoms with Crippen LogP contribution in [0.2, 0.25) is 0 Å². The van der Waals surface area contributed by atoms with E-state index in [9.17, 15) is 0 Å². The highest BCUT2D eigenvalue weighted by Gasteiger charge is 2.49. The molecule has 0 bridgehead atoms. The minimum absolute atomic E-state index is 0.524. The Hall–Kier alpha value is -1.11. The zero-order valence-corrected chi connectivity index (χ0v) is 13.7. The molecule has 1 aliphatic heterocycles. The number of thioether (sulfide) groups is 2. The summed E-state index contributed by atoms with van der Waals surface area (Å²) >= 11 is 3.00. The summed E-state index contributed by atoms with van der Waals surface area (Å²) in [5, 5.41) is 6.92. The minimum Gasteiger partial charge on any atom is -0.384 e. The van der Waals surface area contributed by atoms with Gasteiger partial charge in [-0.05, 0) is 19.4 Å². The Morgan fingerprint density at radius 2 is 2.00 bits per heavy atom. The number of nitrogens with one attached hydrogen (secondary N) is 2. The fraction of sp³-hybridized carbons (Fsp3) is 0.500. The third kappa shape index (κ3) is 2.67. The normalized spacial score (nSPS) is 23.6. The highest BCUT2D eigenvalue weighted by atomic mass is 32.2. The summed E-state index contributed by atoms with van der Waals surface area (Å²) < 4.78 is 0. The first-order valence-electron chi connectivity index (χ1n) is 6.18. The monoisotopic (exact) mass is 329 g/mol. The smallest absolute Gasteiger partial charge is 0.199 e. The number of nitrogens with two attached hydrogens (primary N) is 2. The SMILES string of the molecule is CCNC1=C(SC)N(N)NN(N)C1(SC)c1ncncn1. The van der Waals surface area contributed by atoms with Crippen molar-refractivity contribution in [2.75, 3.05) is 19.1 Å². The van der Waals surface area contributed by atoms with Gasteiger partial charge >= 0.3 is 0 Å². The van der Waals surface area contributed by atoms with E-state index in [1.165, 1.54) is 46.4 Å².